The Bertz CT molecular complexity index is 822. The Kier molecular flexibility index (Phi) is 6.93. The summed E-state index contributed by atoms with van der Waals surface area (Å²) in [4.78, 5) is 23.7. The second-order valence-electron chi connectivity index (χ2n) is 6.07. The maximum atomic E-state index is 11.9. The van der Waals surface area contributed by atoms with Gasteiger partial charge in [0.1, 0.15) is 11.5 Å². The normalized spacial score (nSPS) is 10.6. The van der Waals surface area contributed by atoms with Crippen LogP contribution in [0.1, 0.15) is 29.5 Å². The summed E-state index contributed by atoms with van der Waals surface area (Å²) < 4.78 is 5.05. The number of anilines is 1. The van der Waals surface area contributed by atoms with Gasteiger partial charge >= 0.3 is 0 Å². The summed E-state index contributed by atoms with van der Waals surface area (Å²) in [7, 11) is 1.57. The zero-order chi connectivity index (χ0) is 19.8. The van der Waals surface area contributed by atoms with Crippen molar-refractivity contribution in [2.75, 3.05) is 12.4 Å². The lowest BCUT2D eigenvalue weighted by molar-refractivity contribution is -0.124. The monoisotopic (exact) mass is 369 g/mol. The maximum absolute atomic E-state index is 11.9. The number of hydrogen-bond acceptors (Lipinski definition) is 5. The third-order valence-electron chi connectivity index (χ3n) is 3.87. The minimum atomic E-state index is -0.358. The van der Waals surface area contributed by atoms with Crippen LogP contribution in [0.2, 0.25) is 0 Å². The summed E-state index contributed by atoms with van der Waals surface area (Å²) >= 11 is 0. The van der Waals surface area contributed by atoms with Crippen LogP contribution in [-0.2, 0) is 9.59 Å². The van der Waals surface area contributed by atoms with Crippen molar-refractivity contribution in [1.29, 1.82) is 0 Å². The Balaban J connectivity index is 1.77. The van der Waals surface area contributed by atoms with E-state index in [-0.39, 0.29) is 30.4 Å². The minimum Gasteiger partial charge on any atom is -0.507 e. The summed E-state index contributed by atoms with van der Waals surface area (Å²) in [5.74, 6) is 0.329. The number of phenolic OH excluding ortho intramolecular Hbond substituents is 1. The molecular weight excluding hydrogens is 346 g/mol. The van der Waals surface area contributed by atoms with Gasteiger partial charge in [0.15, 0.2) is 0 Å². The van der Waals surface area contributed by atoms with Crippen molar-refractivity contribution in [3.8, 4) is 11.5 Å². The lowest BCUT2D eigenvalue weighted by Gasteiger charge is -2.06. The molecule has 0 aromatic heterocycles. The Labute approximate surface area is 158 Å². The number of carbonyl (C=O) groups is 2. The first-order chi connectivity index (χ1) is 12.9. The fraction of sp³-hybridized carbons (Fsp3) is 0.250. The Morgan fingerprint density at radius 3 is 2.26 bits per heavy atom. The third kappa shape index (κ3) is 6.14. The molecule has 2 aromatic carbocycles. The number of aryl methyl sites for hydroxylation is 2. The summed E-state index contributed by atoms with van der Waals surface area (Å²) in [6.45, 7) is 3.58. The molecule has 0 unspecified atom stereocenters. The van der Waals surface area contributed by atoms with Crippen molar-refractivity contribution in [3.05, 3.63) is 53.1 Å². The largest absolute Gasteiger partial charge is 0.507 e. The molecule has 7 nitrogen and oxygen atoms in total. The maximum Gasteiger partial charge on any atom is 0.240 e. The Hall–Kier alpha value is -3.35. The predicted octanol–water partition coefficient (Wildman–Crippen LogP) is 2.89. The molecule has 0 aliphatic heterocycles. The van der Waals surface area contributed by atoms with Crippen molar-refractivity contribution < 1.29 is 19.4 Å². The highest BCUT2D eigenvalue weighted by Gasteiger charge is 2.07. The van der Waals surface area contributed by atoms with Crippen molar-refractivity contribution in [3.63, 3.8) is 0 Å². The third-order valence-corrected chi connectivity index (χ3v) is 3.87. The minimum absolute atomic E-state index is 0.0208. The number of phenols is 1. The van der Waals surface area contributed by atoms with E-state index in [1.165, 1.54) is 6.21 Å². The molecule has 7 heteroatoms. The molecule has 0 aliphatic rings. The number of hydrogen-bond donors (Lipinski definition) is 3. The molecule has 0 saturated carbocycles. The highest BCUT2D eigenvalue weighted by atomic mass is 16.5. The standard InChI is InChI=1S/C20H23N3O4/c1-13-10-15(11-14(2)20(13)26)12-21-23-19(25)9-8-18(24)22-16-4-6-17(27-3)7-5-16/h4-7,10-12,26H,8-9H2,1-3H3,(H,22,24)(H,23,25)/b21-12+. The molecule has 0 heterocycles. The van der Waals surface area contributed by atoms with Gasteiger partial charge in [-0.05, 0) is 66.9 Å². The lowest BCUT2D eigenvalue weighted by Crippen LogP contribution is -2.20. The van der Waals surface area contributed by atoms with E-state index in [2.05, 4.69) is 15.8 Å². The van der Waals surface area contributed by atoms with Gasteiger partial charge in [-0.1, -0.05) is 0 Å². The molecule has 0 radical (unpaired) electrons. The van der Waals surface area contributed by atoms with Crippen LogP contribution in [-0.4, -0.2) is 30.2 Å². The number of nitrogens with one attached hydrogen (secondary N) is 2. The SMILES string of the molecule is COc1ccc(NC(=O)CCC(=O)N/N=C/c2cc(C)c(O)c(C)c2)cc1. The van der Waals surface area contributed by atoms with Crippen LogP contribution in [0, 0.1) is 13.8 Å². The van der Waals surface area contributed by atoms with Crippen LogP contribution in [0.25, 0.3) is 0 Å². The van der Waals surface area contributed by atoms with E-state index in [4.69, 9.17) is 4.74 Å². The quantitative estimate of drug-likeness (QED) is 0.516. The second kappa shape index (κ2) is 9.38. The molecule has 27 heavy (non-hydrogen) atoms. The number of rotatable bonds is 7. The number of ether oxygens (including phenoxy) is 1. The Morgan fingerprint density at radius 1 is 1.07 bits per heavy atom. The van der Waals surface area contributed by atoms with E-state index < -0.39 is 0 Å². The summed E-state index contributed by atoms with van der Waals surface area (Å²) in [6, 6.07) is 10.5. The van der Waals surface area contributed by atoms with Gasteiger partial charge < -0.3 is 15.2 Å². The van der Waals surface area contributed by atoms with Gasteiger partial charge in [0.2, 0.25) is 11.8 Å². The molecule has 0 saturated heterocycles. The Morgan fingerprint density at radius 2 is 1.67 bits per heavy atom. The fourth-order valence-electron chi connectivity index (χ4n) is 2.42. The van der Waals surface area contributed by atoms with E-state index in [1.807, 2.05) is 0 Å². The number of hydrazone groups is 1. The second-order valence-corrected chi connectivity index (χ2v) is 6.07. The van der Waals surface area contributed by atoms with E-state index in [0.29, 0.717) is 11.4 Å². The molecule has 0 atom stereocenters. The molecule has 0 spiro atoms. The molecule has 2 rings (SSSR count). The van der Waals surface area contributed by atoms with Gasteiger partial charge in [-0.2, -0.15) is 5.10 Å². The number of aromatic hydroxyl groups is 1. The highest BCUT2D eigenvalue weighted by molar-refractivity contribution is 5.93. The molecule has 3 N–H and O–H groups in total. The van der Waals surface area contributed by atoms with Gasteiger partial charge in [-0.25, -0.2) is 5.43 Å². The van der Waals surface area contributed by atoms with Crippen molar-refractivity contribution >= 4 is 23.7 Å². The van der Waals surface area contributed by atoms with Crippen LogP contribution in [0.15, 0.2) is 41.5 Å². The fourth-order valence-corrected chi connectivity index (χ4v) is 2.42. The number of methoxy groups -OCH3 is 1. The van der Waals surface area contributed by atoms with E-state index in [9.17, 15) is 14.7 Å². The van der Waals surface area contributed by atoms with Gasteiger partial charge in [-0.3, -0.25) is 9.59 Å². The first-order valence-corrected chi connectivity index (χ1v) is 8.45. The van der Waals surface area contributed by atoms with Crippen LogP contribution in [0.3, 0.4) is 0 Å². The van der Waals surface area contributed by atoms with Crippen molar-refractivity contribution in [1.82, 2.24) is 5.43 Å². The molecule has 2 aromatic rings. The van der Waals surface area contributed by atoms with E-state index >= 15 is 0 Å². The smallest absolute Gasteiger partial charge is 0.240 e. The van der Waals surface area contributed by atoms with Crippen LogP contribution in [0.4, 0.5) is 5.69 Å². The van der Waals surface area contributed by atoms with Crippen LogP contribution in [0.5, 0.6) is 11.5 Å². The molecule has 0 aliphatic carbocycles. The van der Waals surface area contributed by atoms with Crippen LogP contribution < -0.4 is 15.5 Å². The lowest BCUT2D eigenvalue weighted by atomic mass is 10.1. The van der Waals surface area contributed by atoms with Gasteiger partial charge in [0.25, 0.3) is 0 Å². The molecule has 0 fully saturated rings. The van der Waals surface area contributed by atoms with E-state index in [1.54, 1.807) is 57.4 Å². The zero-order valence-corrected chi connectivity index (χ0v) is 15.6. The summed E-state index contributed by atoms with van der Waals surface area (Å²) in [5.41, 5.74) is 5.26. The number of nitrogens with zero attached hydrogens (tertiary/aromatic N) is 1. The molecule has 142 valence electrons. The van der Waals surface area contributed by atoms with Gasteiger partial charge in [0.05, 0.1) is 13.3 Å². The topological polar surface area (TPSA) is 100 Å². The first kappa shape index (κ1) is 20.0. The average Bonchev–Trinajstić information content (AvgIpc) is 2.65. The van der Waals surface area contributed by atoms with Crippen LogP contribution >= 0.6 is 0 Å². The zero-order valence-electron chi connectivity index (χ0n) is 15.6. The summed E-state index contributed by atoms with van der Waals surface area (Å²) in [6.07, 6.45) is 1.56. The number of carbonyl (C=O) groups excluding carboxylic acids is 2. The molecular formula is C20H23N3O4. The summed E-state index contributed by atoms with van der Waals surface area (Å²) in [5, 5.41) is 16.3. The van der Waals surface area contributed by atoms with E-state index in [0.717, 1.165) is 16.7 Å². The number of amides is 2. The molecule has 0 bridgehead atoms. The first-order valence-electron chi connectivity index (χ1n) is 8.45. The molecule has 2 amide bonds. The predicted molar refractivity (Wildman–Crippen MR) is 104 cm³/mol. The number of benzene rings is 2. The van der Waals surface area contributed by atoms with Gasteiger partial charge in [-0.15, -0.1) is 0 Å². The van der Waals surface area contributed by atoms with Crippen molar-refractivity contribution in [2.24, 2.45) is 5.10 Å². The highest BCUT2D eigenvalue weighted by Crippen LogP contribution is 2.22. The van der Waals surface area contributed by atoms with Crippen molar-refractivity contribution in [2.45, 2.75) is 26.7 Å². The van der Waals surface area contributed by atoms with Gasteiger partial charge in [0, 0.05) is 18.5 Å². The average molecular weight is 369 g/mol.